The SMILES string of the molecule is O=C(C[C@@H]1C(=O)NCCN1Cc1ccc(-c2ccccc2)cc1)NCc1ccco1. The second kappa shape index (κ2) is 9.41. The van der Waals surface area contributed by atoms with Crippen molar-refractivity contribution >= 4 is 11.8 Å². The van der Waals surface area contributed by atoms with Crippen LogP contribution in [0.2, 0.25) is 0 Å². The number of amides is 2. The molecule has 0 spiro atoms. The number of nitrogens with zero attached hydrogens (tertiary/aromatic N) is 1. The molecule has 3 aromatic rings. The molecule has 1 aliphatic heterocycles. The van der Waals surface area contributed by atoms with Gasteiger partial charge in [0.05, 0.1) is 25.3 Å². The first-order valence-corrected chi connectivity index (χ1v) is 10.1. The van der Waals surface area contributed by atoms with E-state index < -0.39 is 6.04 Å². The van der Waals surface area contributed by atoms with Gasteiger partial charge in [-0.25, -0.2) is 0 Å². The number of carbonyl (C=O) groups excluding carboxylic acids is 2. The first-order valence-electron chi connectivity index (χ1n) is 10.1. The zero-order valence-corrected chi connectivity index (χ0v) is 16.7. The van der Waals surface area contributed by atoms with E-state index in [0.29, 0.717) is 31.9 Å². The Morgan fingerprint density at radius 1 is 1.03 bits per heavy atom. The van der Waals surface area contributed by atoms with E-state index in [1.807, 2.05) is 18.2 Å². The fraction of sp³-hybridized carbons (Fsp3) is 0.250. The molecule has 1 aliphatic rings. The van der Waals surface area contributed by atoms with Crippen molar-refractivity contribution in [1.82, 2.24) is 15.5 Å². The number of hydrogen-bond acceptors (Lipinski definition) is 4. The van der Waals surface area contributed by atoms with Gasteiger partial charge in [-0.15, -0.1) is 0 Å². The fourth-order valence-corrected chi connectivity index (χ4v) is 3.69. The number of furan rings is 1. The van der Waals surface area contributed by atoms with E-state index in [1.165, 1.54) is 5.56 Å². The van der Waals surface area contributed by atoms with Crippen molar-refractivity contribution in [2.24, 2.45) is 0 Å². The Balaban J connectivity index is 1.38. The Labute approximate surface area is 175 Å². The summed E-state index contributed by atoms with van der Waals surface area (Å²) in [6.45, 7) is 2.24. The molecular formula is C24H25N3O3. The molecule has 0 bridgehead atoms. The van der Waals surface area contributed by atoms with Crippen LogP contribution in [0.25, 0.3) is 11.1 Å². The third-order valence-corrected chi connectivity index (χ3v) is 5.31. The van der Waals surface area contributed by atoms with Crippen molar-refractivity contribution in [1.29, 1.82) is 0 Å². The third-order valence-electron chi connectivity index (χ3n) is 5.31. The first kappa shape index (κ1) is 19.9. The monoisotopic (exact) mass is 403 g/mol. The predicted octanol–water partition coefficient (Wildman–Crippen LogP) is 2.95. The van der Waals surface area contributed by atoms with Gasteiger partial charge in [0.25, 0.3) is 0 Å². The summed E-state index contributed by atoms with van der Waals surface area (Å²) >= 11 is 0. The van der Waals surface area contributed by atoms with E-state index in [0.717, 1.165) is 11.1 Å². The molecule has 6 heteroatoms. The zero-order valence-electron chi connectivity index (χ0n) is 16.7. The average molecular weight is 403 g/mol. The number of hydrogen-bond donors (Lipinski definition) is 2. The van der Waals surface area contributed by atoms with Gasteiger partial charge in [0.15, 0.2) is 0 Å². The van der Waals surface area contributed by atoms with E-state index in [4.69, 9.17) is 4.42 Å². The summed E-state index contributed by atoms with van der Waals surface area (Å²) in [5.41, 5.74) is 3.45. The van der Waals surface area contributed by atoms with Crippen molar-refractivity contribution in [3.05, 3.63) is 84.3 Å². The van der Waals surface area contributed by atoms with Gasteiger partial charge in [0.2, 0.25) is 11.8 Å². The zero-order chi connectivity index (χ0) is 20.8. The van der Waals surface area contributed by atoms with Gasteiger partial charge in [0.1, 0.15) is 5.76 Å². The van der Waals surface area contributed by atoms with E-state index >= 15 is 0 Å². The highest BCUT2D eigenvalue weighted by atomic mass is 16.3. The third kappa shape index (κ3) is 4.96. The molecule has 0 radical (unpaired) electrons. The van der Waals surface area contributed by atoms with Crippen LogP contribution in [-0.2, 0) is 22.7 Å². The number of piperazine rings is 1. The smallest absolute Gasteiger partial charge is 0.237 e. The maximum atomic E-state index is 12.5. The second-order valence-electron chi connectivity index (χ2n) is 7.40. The molecule has 1 saturated heterocycles. The van der Waals surface area contributed by atoms with Crippen molar-refractivity contribution in [2.45, 2.75) is 25.6 Å². The van der Waals surface area contributed by atoms with Gasteiger partial charge in [-0.05, 0) is 28.8 Å². The Bertz CT molecular complexity index is 969. The van der Waals surface area contributed by atoms with E-state index in [-0.39, 0.29) is 18.2 Å². The minimum Gasteiger partial charge on any atom is -0.467 e. The minimum absolute atomic E-state index is 0.102. The van der Waals surface area contributed by atoms with Gasteiger partial charge >= 0.3 is 0 Å². The van der Waals surface area contributed by atoms with Crippen LogP contribution in [-0.4, -0.2) is 35.8 Å². The number of carbonyl (C=O) groups is 2. The van der Waals surface area contributed by atoms with Gasteiger partial charge < -0.3 is 15.1 Å². The van der Waals surface area contributed by atoms with Crippen LogP contribution in [0, 0.1) is 0 Å². The molecule has 2 aromatic carbocycles. The molecule has 1 fully saturated rings. The maximum Gasteiger partial charge on any atom is 0.237 e. The molecule has 4 rings (SSSR count). The van der Waals surface area contributed by atoms with Crippen LogP contribution in [0.5, 0.6) is 0 Å². The normalized spacial score (nSPS) is 16.8. The van der Waals surface area contributed by atoms with Crippen LogP contribution >= 0.6 is 0 Å². The van der Waals surface area contributed by atoms with Crippen LogP contribution in [0.3, 0.4) is 0 Å². The molecule has 154 valence electrons. The van der Waals surface area contributed by atoms with Crippen LogP contribution in [0.15, 0.2) is 77.4 Å². The quantitative estimate of drug-likeness (QED) is 0.636. The molecule has 2 N–H and O–H groups in total. The predicted molar refractivity (Wildman–Crippen MR) is 114 cm³/mol. The lowest BCUT2D eigenvalue weighted by Gasteiger charge is -2.34. The molecule has 0 unspecified atom stereocenters. The highest BCUT2D eigenvalue weighted by molar-refractivity contribution is 5.88. The van der Waals surface area contributed by atoms with E-state index in [9.17, 15) is 9.59 Å². The molecule has 6 nitrogen and oxygen atoms in total. The summed E-state index contributed by atoms with van der Waals surface area (Å²) in [5, 5.41) is 5.70. The van der Waals surface area contributed by atoms with Crippen molar-refractivity contribution in [3.63, 3.8) is 0 Å². The largest absolute Gasteiger partial charge is 0.467 e. The average Bonchev–Trinajstić information content (AvgIpc) is 3.30. The van der Waals surface area contributed by atoms with Gasteiger partial charge in [-0.1, -0.05) is 54.6 Å². The molecule has 30 heavy (non-hydrogen) atoms. The summed E-state index contributed by atoms with van der Waals surface area (Å²) in [7, 11) is 0. The second-order valence-corrected chi connectivity index (χ2v) is 7.40. The highest BCUT2D eigenvalue weighted by Gasteiger charge is 2.31. The lowest BCUT2D eigenvalue weighted by Crippen LogP contribution is -2.56. The topological polar surface area (TPSA) is 74.6 Å². The fourth-order valence-electron chi connectivity index (χ4n) is 3.69. The molecule has 1 atom stereocenters. The van der Waals surface area contributed by atoms with Gasteiger partial charge in [-0.2, -0.15) is 0 Å². The maximum absolute atomic E-state index is 12.5. The van der Waals surface area contributed by atoms with E-state index in [1.54, 1.807) is 18.4 Å². The summed E-state index contributed by atoms with van der Waals surface area (Å²) in [4.78, 5) is 26.9. The summed E-state index contributed by atoms with van der Waals surface area (Å²) in [6.07, 6.45) is 1.69. The highest BCUT2D eigenvalue weighted by Crippen LogP contribution is 2.21. The van der Waals surface area contributed by atoms with Gasteiger partial charge in [-0.3, -0.25) is 14.5 Å². The summed E-state index contributed by atoms with van der Waals surface area (Å²) in [6, 6.07) is 21.7. The molecule has 1 aromatic heterocycles. The Morgan fingerprint density at radius 2 is 1.80 bits per heavy atom. The van der Waals surface area contributed by atoms with Crippen LogP contribution in [0.1, 0.15) is 17.7 Å². The molecule has 0 saturated carbocycles. The first-order chi connectivity index (χ1) is 14.7. The van der Waals surface area contributed by atoms with Crippen molar-refractivity contribution in [3.8, 4) is 11.1 Å². The van der Waals surface area contributed by atoms with Crippen molar-refractivity contribution < 1.29 is 14.0 Å². The Hall–Kier alpha value is -3.38. The summed E-state index contributed by atoms with van der Waals surface area (Å²) < 4.78 is 5.23. The number of rotatable bonds is 7. The van der Waals surface area contributed by atoms with E-state index in [2.05, 4.69) is 51.9 Å². The molecule has 2 heterocycles. The molecule has 2 amide bonds. The van der Waals surface area contributed by atoms with Crippen LogP contribution < -0.4 is 10.6 Å². The molecule has 0 aliphatic carbocycles. The lowest BCUT2D eigenvalue weighted by atomic mass is 10.0. The van der Waals surface area contributed by atoms with Crippen molar-refractivity contribution in [2.75, 3.05) is 13.1 Å². The molecular weight excluding hydrogens is 378 g/mol. The number of benzene rings is 2. The minimum atomic E-state index is -0.482. The lowest BCUT2D eigenvalue weighted by molar-refractivity contribution is -0.134. The summed E-state index contributed by atoms with van der Waals surface area (Å²) in [5.74, 6) is 0.417. The van der Waals surface area contributed by atoms with Gasteiger partial charge in [0, 0.05) is 19.6 Å². The Morgan fingerprint density at radius 3 is 2.53 bits per heavy atom. The van der Waals surface area contributed by atoms with Crippen LogP contribution in [0.4, 0.5) is 0 Å². The standard InChI is InChI=1S/C24H25N3O3/c28-23(26-16-21-7-4-14-30-21)15-22-24(29)25-12-13-27(22)17-18-8-10-20(11-9-18)19-5-2-1-3-6-19/h1-11,14,22H,12-13,15-17H2,(H,25,29)(H,26,28)/t22-/m1/s1. The Kier molecular flexibility index (Phi) is 6.25. The number of nitrogens with one attached hydrogen (secondary N) is 2.